The Morgan fingerprint density at radius 1 is 1.57 bits per heavy atom. The molecule has 0 aliphatic heterocycles. The lowest BCUT2D eigenvalue weighted by atomic mass is 9.98. The molecule has 0 fully saturated rings. The first-order valence-corrected chi connectivity index (χ1v) is 4.96. The smallest absolute Gasteiger partial charge is 0.0964 e. The fourth-order valence-electron chi connectivity index (χ4n) is 1.94. The zero-order valence-electron chi connectivity index (χ0n) is 8.47. The molecule has 1 aliphatic rings. The van der Waals surface area contributed by atoms with E-state index in [1.807, 2.05) is 0 Å². The summed E-state index contributed by atoms with van der Waals surface area (Å²) in [7, 11) is 1.73. The predicted octanol–water partition coefficient (Wildman–Crippen LogP) is 1.14. The van der Waals surface area contributed by atoms with Crippen molar-refractivity contribution in [2.45, 2.75) is 19.3 Å². The van der Waals surface area contributed by atoms with E-state index in [1.165, 1.54) is 16.8 Å². The van der Waals surface area contributed by atoms with Crippen molar-refractivity contribution in [2.24, 2.45) is 5.73 Å². The molecule has 76 valence electrons. The lowest BCUT2D eigenvalue weighted by molar-refractivity contribution is 0.279. The monoisotopic (exact) mass is 192 g/mol. The number of methoxy groups -OCH3 is 1. The second-order valence-corrected chi connectivity index (χ2v) is 3.57. The van der Waals surface area contributed by atoms with Crippen LogP contribution in [-0.4, -0.2) is 18.6 Å². The summed E-state index contributed by atoms with van der Waals surface area (Å²) in [6.07, 6.45) is 7.01. The highest BCUT2D eigenvalue weighted by Gasteiger charge is 2.16. The van der Waals surface area contributed by atoms with Crippen molar-refractivity contribution in [1.29, 1.82) is 0 Å². The van der Waals surface area contributed by atoms with Gasteiger partial charge in [0.15, 0.2) is 0 Å². The Morgan fingerprint density at radius 2 is 2.43 bits per heavy atom. The van der Waals surface area contributed by atoms with Crippen LogP contribution in [0.25, 0.3) is 0 Å². The minimum Gasteiger partial charge on any atom is -0.501 e. The maximum Gasteiger partial charge on any atom is 0.0964 e. The second-order valence-electron chi connectivity index (χ2n) is 3.57. The number of H-pyrrole nitrogens is 1. The van der Waals surface area contributed by atoms with E-state index in [1.54, 1.807) is 7.11 Å². The van der Waals surface area contributed by atoms with Gasteiger partial charge in [-0.2, -0.15) is 0 Å². The Labute approximate surface area is 84.0 Å². The van der Waals surface area contributed by atoms with E-state index in [-0.39, 0.29) is 0 Å². The van der Waals surface area contributed by atoms with Gasteiger partial charge in [-0.15, -0.1) is 0 Å². The third-order valence-corrected chi connectivity index (χ3v) is 2.73. The van der Waals surface area contributed by atoms with Crippen molar-refractivity contribution < 1.29 is 4.74 Å². The quantitative estimate of drug-likeness (QED) is 0.754. The number of hydrogen-bond acceptors (Lipinski definition) is 2. The van der Waals surface area contributed by atoms with Crippen LogP contribution in [-0.2, 0) is 24.0 Å². The van der Waals surface area contributed by atoms with Gasteiger partial charge in [-0.3, -0.25) is 0 Å². The third kappa shape index (κ3) is 1.55. The van der Waals surface area contributed by atoms with E-state index >= 15 is 0 Å². The zero-order valence-corrected chi connectivity index (χ0v) is 8.47. The van der Waals surface area contributed by atoms with E-state index in [0.29, 0.717) is 6.54 Å². The SMILES string of the molecule is COC1=CCc2[nH]cc(CCN)c2C1. The Balaban J connectivity index is 2.23. The molecule has 0 spiro atoms. The van der Waals surface area contributed by atoms with Gasteiger partial charge in [0.25, 0.3) is 0 Å². The lowest BCUT2D eigenvalue weighted by Gasteiger charge is -2.14. The zero-order chi connectivity index (χ0) is 9.97. The maximum absolute atomic E-state index is 5.56. The van der Waals surface area contributed by atoms with Crippen molar-refractivity contribution in [3.05, 3.63) is 34.9 Å². The standard InChI is InChI=1S/C11H16N2O/c1-14-9-2-3-11-10(6-9)8(4-5-12)7-13-11/h2,7,13H,3-6,12H2,1H3. The molecule has 0 amide bonds. The maximum atomic E-state index is 5.56. The van der Waals surface area contributed by atoms with Gasteiger partial charge in [0.2, 0.25) is 0 Å². The molecule has 0 bridgehead atoms. The van der Waals surface area contributed by atoms with Crippen LogP contribution in [0.5, 0.6) is 0 Å². The molecule has 3 heteroatoms. The molecular formula is C11H16N2O. The molecule has 2 rings (SSSR count). The number of allylic oxidation sites excluding steroid dienone is 2. The fourth-order valence-corrected chi connectivity index (χ4v) is 1.94. The van der Waals surface area contributed by atoms with Crippen LogP contribution in [0.15, 0.2) is 18.0 Å². The molecule has 3 nitrogen and oxygen atoms in total. The summed E-state index contributed by atoms with van der Waals surface area (Å²) in [5, 5.41) is 0. The number of hydrogen-bond donors (Lipinski definition) is 2. The molecule has 3 N–H and O–H groups in total. The van der Waals surface area contributed by atoms with Gasteiger partial charge in [-0.1, -0.05) is 0 Å². The predicted molar refractivity (Wildman–Crippen MR) is 56.1 cm³/mol. The first-order chi connectivity index (χ1) is 6.85. The van der Waals surface area contributed by atoms with Crippen LogP contribution in [0.2, 0.25) is 0 Å². The first kappa shape index (κ1) is 9.34. The van der Waals surface area contributed by atoms with Crippen LogP contribution >= 0.6 is 0 Å². The minimum atomic E-state index is 0.705. The summed E-state index contributed by atoms with van der Waals surface area (Å²) < 4.78 is 5.27. The number of nitrogens with one attached hydrogen (secondary N) is 1. The highest BCUT2D eigenvalue weighted by Crippen LogP contribution is 2.24. The van der Waals surface area contributed by atoms with Crippen molar-refractivity contribution in [1.82, 2.24) is 4.98 Å². The van der Waals surface area contributed by atoms with E-state index in [2.05, 4.69) is 17.3 Å². The van der Waals surface area contributed by atoms with Gasteiger partial charge in [0.05, 0.1) is 12.9 Å². The summed E-state index contributed by atoms with van der Waals surface area (Å²) in [6, 6.07) is 0. The van der Waals surface area contributed by atoms with Crippen molar-refractivity contribution in [2.75, 3.05) is 13.7 Å². The minimum absolute atomic E-state index is 0.705. The normalized spacial score (nSPS) is 14.9. The molecule has 1 aromatic rings. The molecule has 0 atom stereocenters. The molecule has 1 aliphatic carbocycles. The van der Waals surface area contributed by atoms with Crippen LogP contribution < -0.4 is 5.73 Å². The lowest BCUT2D eigenvalue weighted by Crippen LogP contribution is -2.08. The van der Waals surface area contributed by atoms with Gasteiger partial charge in [0, 0.05) is 24.7 Å². The number of aromatic nitrogens is 1. The van der Waals surface area contributed by atoms with Crippen molar-refractivity contribution in [3.8, 4) is 0 Å². The Morgan fingerprint density at radius 3 is 3.14 bits per heavy atom. The molecule has 0 unspecified atom stereocenters. The summed E-state index contributed by atoms with van der Waals surface area (Å²) >= 11 is 0. The molecular weight excluding hydrogens is 176 g/mol. The highest BCUT2D eigenvalue weighted by atomic mass is 16.5. The highest BCUT2D eigenvalue weighted by molar-refractivity contribution is 5.38. The van der Waals surface area contributed by atoms with Gasteiger partial charge < -0.3 is 15.5 Å². The molecule has 1 heterocycles. The second kappa shape index (κ2) is 3.88. The summed E-state index contributed by atoms with van der Waals surface area (Å²) in [5.41, 5.74) is 9.60. The Bertz CT molecular complexity index is 352. The molecule has 14 heavy (non-hydrogen) atoms. The van der Waals surface area contributed by atoms with E-state index < -0.39 is 0 Å². The fraction of sp³-hybridized carbons (Fsp3) is 0.455. The van der Waals surface area contributed by atoms with Crippen LogP contribution in [0.3, 0.4) is 0 Å². The molecule has 0 aromatic carbocycles. The van der Waals surface area contributed by atoms with Crippen LogP contribution in [0.4, 0.5) is 0 Å². The average molecular weight is 192 g/mol. The Hall–Kier alpha value is -1.22. The van der Waals surface area contributed by atoms with E-state index in [9.17, 15) is 0 Å². The van der Waals surface area contributed by atoms with Gasteiger partial charge in [0.1, 0.15) is 0 Å². The van der Waals surface area contributed by atoms with E-state index in [4.69, 9.17) is 10.5 Å². The van der Waals surface area contributed by atoms with Crippen LogP contribution in [0, 0.1) is 0 Å². The van der Waals surface area contributed by atoms with Gasteiger partial charge >= 0.3 is 0 Å². The molecule has 1 aromatic heterocycles. The van der Waals surface area contributed by atoms with Gasteiger partial charge in [-0.25, -0.2) is 0 Å². The van der Waals surface area contributed by atoms with Crippen LogP contribution in [0.1, 0.15) is 16.8 Å². The number of rotatable bonds is 3. The Kier molecular flexibility index (Phi) is 2.59. The number of nitrogens with two attached hydrogens (primary N) is 1. The topological polar surface area (TPSA) is 51.0 Å². The van der Waals surface area contributed by atoms with E-state index in [0.717, 1.165) is 25.0 Å². The molecule has 0 radical (unpaired) electrons. The summed E-state index contributed by atoms with van der Waals surface area (Å²) in [6.45, 7) is 0.705. The summed E-state index contributed by atoms with van der Waals surface area (Å²) in [4.78, 5) is 3.30. The number of aromatic amines is 1. The number of ether oxygens (including phenoxy) is 1. The van der Waals surface area contributed by atoms with Crippen molar-refractivity contribution >= 4 is 0 Å². The largest absolute Gasteiger partial charge is 0.501 e. The number of fused-ring (bicyclic) bond motifs is 1. The first-order valence-electron chi connectivity index (χ1n) is 4.96. The molecule has 0 saturated heterocycles. The summed E-state index contributed by atoms with van der Waals surface area (Å²) in [5.74, 6) is 1.07. The average Bonchev–Trinajstić information content (AvgIpc) is 2.61. The van der Waals surface area contributed by atoms with Gasteiger partial charge in [-0.05, 0) is 30.2 Å². The third-order valence-electron chi connectivity index (χ3n) is 2.73. The molecule has 0 saturated carbocycles. The van der Waals surface area contributed by atoms with Crippen molar-refractivity contribution in [3.63, 3.8) is 0 Å².